The summed E-state index contributed by atoms with van der Waals surface area (Å²) in [6.07, 6.45) is 19.2. The summed E-state index contributed by atoms with van der Waals surface area (Å²) in [5.41, 5.74) is 0.529. The predicted molar refractivity (Wildman–Crippen MR) is 215 cm³/mol. The van der Waals surface area contributed by atoms with Gasteiger partial charge in [0.1, 0.15) is 6.61 Å². The van der Waals surface area contributed by atoms with Gasteiger partial charge < -0.3 is 52.1 Å². The first kappa shape index (κ1) is 51.3. The molecule has 12 heteroatoms. The van der Waals surface area contributed by atoms with Crippen molar-refractivity contribution in [2.45, 2.75) is 96.8 Å². The standard InChI is InChI=1S/C43H78O12/c1-2-3-4-5-6-7-8-9-10-11-12-13-14-18-21-45-22-23-46-24-25-47-26-27-48-28-29-49-30-31-50-32-33-51-34-35-52-36-37-53-38-39-54-40-41-55-43(44)42-19-16-15-17-20-42/h15-17,19-20H,2-14,18,21-41H2,1H3. The number of rotatable bonds is 46. The van der Waals surface area contributed by atoms with E-state index >= 15 is 0 Å². The molecule has 0 N–H and O–H groups in total. The van der Waals surface area contributed by atoms with E-state index in [2.05, 4.69) is 6.92 Å². The van der Waals surface area contributed by atoms with Crippen LogP contribution in [0.25, 0.3) is 0 Å². The fraction of sp³-hybridized carbons (Fsp3) is 0.837. The largest absolute Gasteiger partial charge is 0.460 e. The minimum atomic E-state index is -0.353. The van der Waals surface area contributed by atoms with Crippen LogP contribution in [-0.2, 0) is 52.1 Å². The molecule has 0 amide bonds. The lowest BCUT2D eigenvalue weighted by Crippen LogP contribution is -2.15. The highest BCUT2D eigenvalue weighted by Crippen LogP contribution is 2.13. The lowest BCUT2D eigenvalue weighted by atomic mass is 10.0. The maximum absolute atomic E-state index is 11.8. The number of hydrogen-bond acceptors (Lipinski definition) is 12. The van der Waals surface area contributed by atoms with Crippen molar-refractivity contribution in [1.29, 1.82) is 0 Å². The molecule has 0 aromatic heterocycles. The molecular formula is C43H78O12. The zero-order valence-corrected chi connectivity index (χ0v) is 34.5. The highest BCUT2D eigenvalue weighted by Gasteiger charge is 2.05. The van der Waals surface area contributed by atoms with E-state index < -0.39 is 0 Å². The number of carbonyl (C=O) groups excluding carboxylic acids is 1. The van der Waals surface area contributed by atoms with Crippen molar-refractivity contribution in [3.63, 3.8) is 0 Å². The molecule has 0 heterocycles. The predicted octanol–water partition coefficient (Wildman–Crippen LogP) is 7.49. The molecule has 0 bridgehead atoms. The van der Waals surface area contributed by atoms with Crippen LogP contribution in [0.5, 0.6) is 0 Å². The Morgan fingerprint density at radius 3 is 0.891 bits per heavy atom. The van der Waals surface area contributed by atoms with E-state index in [4.69, 9.17) is 52.1 Å². The van der Waals surface area contributed by atoms with Crippen LogP contribution in [0.3, 0.4) is 0 Å². The van der Waals surface area contributed by atoms with E-state index in [1.165, 1.54) is 83.5 Å². The van der Waals surface area contributed by atoms with Crippen LogP contribution in [0.4, 0.5) is 0 Å². The second-order valence-corrected chi connectivity index (χ2v) is 13.2. The Labute approximate surface area is 333 Å². The fourth-order valence-corrected chi connectivity index (χ4v) is 5.33. The molecule has 0 aliphatic carbocycles. The average molecular weight is 787 g/mol. The molecule has 0 saturated carbocycles. The molecule has 1 aromatic carbocycles. The van der Waals surface area contributed by atoms with Crippen LogP contribution in [0, 0.1) is 0 Å². The Kier molecular flexibility index (Phi) is 42.0. The van der Waals surface area contributed by atoms with Gasteiger partial charge in [0.2, 0.25) is 0 Å². The third-order valence-corrected chi connectivity index (χ3v) is 8.46. The van der Waals surface area contributed by atoms with E-state index in [0.29, 0.717) is 131 Å². The van der Waals surface area contributed by atoms with Gasteiger partial charge in [-0.2, -0.15) is 0 Å². The second kappa shape index (κ2) is 45.0. The third-order valence-electron chi connectivity index (χ3n) is 8.46. The molecule has 12 nitrogen and oxygen atoms in total. The zero-order chi connectivity index (χ0) is 39.2. The lowest BCUT2D eigenvalue weighted by molar-refractivity contribution is -0.0271. The summed E-state index contributed by atoms with van der Waals surface area (Å²) in [6.45, 7) is 12.9. The Hall–Kier alpha value is -1.71. The third kappa shape index (κ3) is 40.3. The Morgan fingerprint density at radius 2 is 0.582 bits per heavy atom. The summed E-state index contributed by atoms with van der Waals surface area (Å²) in [6, 6.07) is 8.87. The van der Waals surface area contributed by atoms with Crippen molar-refractivity contribution in [2.24, 2.45) is 0 Å². The maximum Gasteiger partial charge on any atom is 0.338 e. The minimum absolute atomic E-state index is 0.205. The zero-order valence-electron chi connectivity index (χ0n) is 34.5. The number of benzene rings is 1. The van der Waals surface area contributed by atoms with Gasteiger partial charge >= 0.3 is 5.97 Å². The van der Waals surface area contributed by atoms with Gasteiger partial charge in [0.15, 0.2) is 0 Å². The quantitative estimate of drug-likeness (QED) is 0.0482. The number of ether oxygens (including phenoxy) is 11. The normalized spacial score (nSPS) is 11.4. The summed E-state index contributed by atoms with van der Waals surface area (Å²) in [5, 5.41) is 0. The highest BCUT2D eigenvalue weighted by molar-refractivity contribution is 5.89. The van der Waals surface area contributed by atoms with Crippen LogP contribution in [0.15, 0.2) is 30.3 Å². The van der Waals surface area contributed by atoms with Gasteiger partial charge in [-0.05, 0) is 18.6 Å². The van der Waals surface area contributed by atoms with Crippen molar-refractivity contribution < 1.29 is 56.9 Å². The Morgan fingerprint density at radius 1 is 0.327 bits per heavy atom. The van der Waals surface area contributed by atoms with E-state index in [1.54, 1.807) is 24.3 Å². The van der Waals surface area contributed by atoms with Gasteiger partial charge in [0.05, 0.1) is 131 Å². The van der Waals surface area contributed by atoms with E-state index in [1.807, 2.05) is 6.07 Å². The Bertz CT molecular complexity index is 878. The van der Waals surface area contributed by atoms with Crippen LogP contribution in [0.1, 0.15) is 107 Å². The van der Waals surface area contributed by atoms with Crippen molar-refractivity contribution in [3.05, 3.63) is 35.9 Å². The van der Waals surface area contributed by atoms with Gasteiger partial charge in [-0.3, -0.25) is 0 Å². The smallest absolute Gasteiger partial charge is 0.338 e. The number of hydrogen-bond donors (Lipinski definition) is 0. The number of unbranched alkanes of at least 4 members (excludes halogenated alkanes) is 13. The molecular weight excluding hydrogens is 708 g/mol. The molecule has 0 spiro atoms. The lowest BCUT2D eigenvalue weighted by Gasteiger charge is -2.09. The Balaban J connectivity index is 1.61. The first-order valence-electron chi connectivity index (χ1n) is 21.3. The summed E-state index contributed by atoms with van der Waals surface area (Å²) >= 11 is 0. The van der Waals surface area contributed by atoms with E-state index in [9.17, 15) is 4.79 Å². The monoisotopic (exact) mass is 787 g/mol. The molecule has 0 unspecified atom stereocenters. The number of carbonyl (C=O) groups is 1. The summed E-state index contributed by atoms with van der Waals surface area (Å²) < 4.78 is 60.3. The van der Waals surface area contributed by atoms with Crippen LogP contribution >= 0.6 is 0 Å². The molecule has 0 aliphatic heterocycles. The summed E-state index contributed by atoms with van der Waals surface area (Å²) in [7, 11) is 0. The van der Waals surface area contributed by atoms with Crippen molar-refractivity contribution >= 4 is 5.97 Å². The molecule has 322 valence electrons. The number of esters is 1. The van der Waals surface area contributed by atoms with Crippen LogP contribution < -0.4 is 0 Å². The molecule has 55 heavy (non-hydrogen) atoms. The molecule has 0 aliphatic rings. The molecule has 0 saturated heterocycles. The minimum Gasteiger partial charge on any atom is -0.460 e. The highest BCUT2D eigenvalue weighted by atomic mass is 16.6. The van der Waals surface area contributed by atoms with Crippen molar-refractivity contribution in [1.82, 2.24) is 0 Å². The first-order valence-corrected chi connectivity index (χ1v) is 21.3. The van der Waals surface area contributed by atoms with E-state index in [-0.39, 0.29) is 12.6 Å². The molecule has 0 fully saturated rings. The topological polar surface area (TPSA) is 119 Å². The summed E-state index contributed by atoms with van der Waals surface area (Å²) in [4.78, 5) is 11.8. The summed E-state index contributed by atoms with van der Waals surface area (Å²) in [5.74, 6) is -0.353. The van der Waals surface area contributed by atoms with Gasteiger partial charge in [0, 0.05) is 6.61 Å². The molecule has 1 aromatic rings. The second-order valence-electron chi connectivity index (χ2n) is 13.2. The van der Waals surface area contributed by atoms with Crippen molar-refractivity contribution in [3.8, 4) is 0 Å². The van der Waals surface area contributed by atoms with Crippen LogP contribution in [-0.4, -0.2) is 145 Å². The maximum atomic E-state index is 11.8. The van der Waals surface area contributed by atoms with E-state index in [0.717, 1.165) is 13.0 Å². The average Bonchev–Trinajstić information content (AvgIpc) is 3.21. The molecule has 0 atom stereocenters. The molecule has 1 rings (SSSR count). The van der Waals surface area contributed by atoms with Gasteiger partial charge in [-0.15, -0.1) is 0 Å². The van der Waals surface area contributed by atoms with Gasteiger partial charge in [0.25, 0.3) is 0 Å². The molecule has 0 radical (unpaired) electrons. The fourth-order valence-electron chi connectivity index (χ4n) is 5.33. The van der Waals surface area contributed by atoms with Gasteiger partial charge in [-0.1, -0.05) is 109 Å². The van der Waals surface area contributed by atoms with Crippen LogP contribution in [0.2, 0.25) is 0 Å². The van der Waals surface area contributed by atoms with Gasteiger partial charge in [-0.25, -0.2) is 4.79 Å². The van der Waals surface area contributed by atoms with Crippen molar-refractivity contribution in [2.75, 3.05) is 139 Å². The SMILES string of the molecule is CCCCCCCCCCCCCCCCOCCOCCOCCOCCOCCOCCOCCOCCOCCOCCOC(=O)c1ccccc1. The first-order chi connectivity index (χ1) is 27.3.